The summed E-state index contributed by atoms with van der Waals surface area (Å²) in [6.45, 7) is 0. The summed E-state index contributed by atoms with van der Waals surface area (Å²) < 4.78 is 0. The van der Waals surface area contributed by atoms with Crippen molar-refractivity contribution in [3.05, 3.63) is 97.1 Å². The predicted octanol–water partition coefficient (Wildman–Crippen LogP) is 6.87. The number of fused-ring (bicyclic) bond motifs is 20. The molecule has 2 aliphatic heterocycles. The smallest absolute Gasteiger partial charge is 0.324 e. The fourth-order valence-corrected chi connectivity index (χ4v) is 5.59. The molecule has 41 heavy (non-hydrogen) atoms. The molecule has 0 amide bonds. The third kappa shape index (κ3) is 3.59. The summed E-state index contributed by atoms with van der Waals surface area (Å²) in [5.74, 6) is 2.39. The number of nitrogens with one attached hydrogen (secondary N) is 2. The maximum atomic E-state index is 5.02. The minimum Gasteiger partial charge on any atom is -0.324 e. The number of aromatic amines is 2. The Hall–Kier alpha value is -5.02. The van der Waals surface area contributed by atoms with Gasteiger partial charge in [-0.25, -0.2) is 29.9 Å². The Morgan fingerprint density at radius 3 is 0.829 bits per heavy atom. The molecule has 2 N–H and O–H groups in total. The molecule has 189 valence electrons. The van der Waals surface area contributed by atoms with Gasteiger partial charge in [0, 0.05) is 43.8 Å². The summed E-state index contributed by atoms with van der Waals surface area (Å²) >= 11 is 0. The second-order valence-corrected chi connectivity index (χ2v) is 9.79. The van der Waals surface area contributed by atoms with E-state index in [-0.39, 0.29) is 22.4 Å². The van der Waals surface area contributed by atoms with Crippen LogP contribution < -0.4 is 0 Å². The molecule has 0 spiro atoms. The Balaban J connectivity index is 0.00000256. The molecule has 0 saturated heterocycles. The van der Waals surface area contributed by atoms with E-state index in [2.05, 4.69) is 9.97 Å². The van der Waals surface area contributed by atoms with Crippen LogP contribution in [-0.4, -0.2) is 39.9 Å². The summed E-state index contributed by atoms with van der Waals surface area (Å²) in [6.07, 6.45) is 0. The Morgan fingerprint density at radius 1 is 0.317 bits per heavy atom. The van der Waals surface area contributed by atoms with Gasteiger partial charge in [-0.2, -0.15) is 0 Å². The van der Waals surface area contributed by atoms with Crippen molar-refractivity contribution in [3.63, 3.8) is 0 Å². The average Bonchev–Trinajstić information content (AvgIpc) is 3.73. The molecule has 0 fully saturated rings. The van der Waals surface area contributed by atoms with Crippen molar-refractivity contribution in [1.82, 2.24) is 39.9 Å². The molecule has 2 aliphatic rings. The molecular formula is C32H18N8Nb+2. The number of hydrogen-bond acceptors (Lipinski definition) is 6. The van der Waals surface area contributed by atoms with E-state index in [4.69, 9.17) is 29.9 Å². The van der Waals surface area contributed by atoms with E-state index in [0.717, 1.165) is 43.8 Å². The molecule has 4 aromatic carbocycles. The van der Waals surface area contributed by atoms with E-state index in [1.807, 2.05) is 97.1 Å². The summed E-state index contributed by atoms with van der Waals surface area (Å²) in [5.41, 5.74) is 6.45. The molecule has 0 aliphatic carbocycles. The van der Waals surface area contributed by atoms with Gasteiger partial charge in [0.1, 0.15) is 22.6 Å². The Bertz CT molecular complexity index is 2030. The van der Waals surface area contributed by atoms with Gasteiger partial charge in [0.05, 0.1) is 0 Å². The largest absolute Gasteiger partial charge is 2.00 e. The Morgan fingerprint density at radius 2 is 0.561 bits per heavy atom. The van der Waals surface area contributed by atoms with Gasteiger partial charge in [0.15, 0.2) is 23.3 Å². The first kappa shape index (κ1) is 23.8. The zero-order valence-electron chi connectivity index (χ0n) is 21.4. The summed E-state index contributed by atoms with van der Waals surface area (Å²) in [4.78, 5) is 36.8. The number of aromatic nitrogens is 8. The summed E-state index contributed by atoms with van der Waals surface area (Å²) in [5, 5.41) is 3.82. The molecule has 5 heterocycles. The normalized spacial score (nSPS) is 11.7. The zero-order valence-corrected chi connectivity index (χ0v) is 23.6. The van der Waals surface area contributed by atoms with Gasteiger partial charge in [0.2, 0.25) is 0 Å². The number of benzene rings is 4. The predicted molar refractivity (Wildman–Crippen MR) is 156 cm³/mol. The van der Waals surface area contributed by atoms with Crippen LogP contribution in [0.4, 0.5) is 0 Å². The van der Waals surface area contributed by atoms with E-state index in [1.54, 1.807) is 0 Å². The summed E-state index contributed by atoms with van der Waals surface area (Å²) in [6, 6.07) is 32.2. The molecule has 1 radical (unpaired) electrons. The van der Waals surface area contributed by atoms with Crippen LogP contribution in [0, 0.1) is 0 Å². The molecule has 0 atom stereocenters. The molecule has 9 heteroatoms. The van der Waals surface area contributed by atoms with Crippen molar-refractivity contribution >= 4 is 44.1 Å². The first-order valence-corrected chi connectivity index (χ1v) is 13.0. The first-order valence-electron chi connectivity index (χ1n) is 13.0. The number of rotatable bonds is 0. The van der Waals surface area contributed by atoms with Crippen molar-refractivity contribution in [3.8, 4) is 45.6 Å². The minimum atomic E-state index is 0. The fraction of sp³-hybridized carbons (Fsp3) is 0. The number of nitrogens with zero attached hydrogens (tertiary/aromatic N) is 6. The fourth-order valence-electron chi connectivity index (χ4n) is 5.59. The van der Waals surface area contributed by atoms with Gasteiger partial charge in [0.25, 0.3) is 0 Å². The van der Waals surface area contributed by atoms with Gasteiger partial charge in [-0.15, -0.1) is 0 Å². The van der Waals surface area contributed by atoms with Crippen LogP contribution in [0.15, 0.2) is 97.1 Å². The third-order valence-electron chi connectivity index (χ3n) is 7.46. The first-order chi connectivity index (χ1) is 19.8. The van der Waals surface area contributed by atoms with Crippen LogP contribution in [0.1, 0.15) is 0 Å². The van der Waals surface area contributed by atoms with E-state index >= 15 is 0 Å². The quantitative estimate of drug-likeness (QED) is 0.182. The number of hydrogen-bond donors (Lipinski definition) is 2. The van der Waals surface area contributed by atoms with E-state index < -0.39 is 0 Å². The molecule has 8 bridgehead atoms. The molecule has 7 aromatic rings. The maximum Gasteiger partial charge on any atom is 2.00 e. The Kier molecular flexibility index (Phi) is 5.23. The third-order valence-corrected chi connectivity index (χ3v) is 7.46. The van der Waals surface area contributed by atoms with Crippen LogP contribution >= 0.6 is 0 Å². The number of H-pyrrole nitrogens is 2. The van der Waals surface area contributed by atoms with Gasteiger partial charge in [-0.05, 0) is 0 Å². The van der Waals surface area contributed by atoms with E-state index in [0.29, 0.717) is 45.9 Å². The minimum absolute atomic E-state index is 0. The molecule has 9 rings (SSSR count). The summed E-state index contributed by atoms with van der Waals surface area (Å²) in [7, 11) is 0. The van der Waals surface area contributed by atoms with Crippen molar-refractivity contribution in [1.29, 1.82) is 0 Å². The molecule has 0 unspecified atom stereocenters. The van der Waals surface area contributed by atoms with Gasteiger partial charge >= 0.3 is 22.4 Å². The zero-order chi connectivity index (χ0) is 26.2. The molecule has 8 nitrogen and oxygen atoms in total. The van der Waals surface area contributed by atoms with Gasteiger partial charge in [-0.3, -0.25) is 0 Å². The average molecular weight is 607 g/mol. The Labute approximate surface area is 248 Å². The van der Waals surface area contributed by atoms with Crippen molar-refractivity contribution < 1.29 is 22.4 Å². The molecular weight excluding hydrogens is 589 g/mol. The molecule has 3 aromatic heterocycles. The van der Waals surface area contributed by atoms with Gasteiger partial charge < -0.3 is 9.97 Å². The van der Waals surface area contributed by atoms with Crippen molar-refractivity contribution in [2.24, 2.45) is 0 Å². The van der Waals surface area contributed by atoms with Crippen LogP contribution in [0.2, 0.25) is 0 Å². The van der Waals surface area contributed by atoms with Crippen molar-refractivity contribution in [2.75, 3.05) is 0 Å². The van der Waals surface area contributed by atoms with Crippen LogP contribution in [0.5, 0.6) is 0 Å². The van der Waals surface area contributed by atoms with Crippen LogP contribution in [0.3, 0.4) is 0 Å². The maximum absolute atomic E-state index is 5.02. The van der Waals surface area contributed by atoms with Gasteiger partial charge in [-0.1, -0.05) is 97.1 Å². The standard InChI is InChI=1S/C32H18N8.Nb/c1-2-10-18-17(9-1)25-33-26(18)38-28-21-13-5-6-14-22(21)30(35-28)40-32-24-16-8-7-15-23(24)31(36-32)39-29-20-12-4-3-11-19(20)27(34-29)37-25;/h1-16H,(H2,33,34,35,36,37,38,39,40);/q;+2. The van der Waals surface area contributed by atoms with Crippen LogP contribution in [0.25, 0.3) is 89.7 Å². The van der Waals surface area contributed by atoms with E-state index in [9.17, 15) is 0 Å². The molecule has 0 saturated carbocycles. The SMILES string of the molecule is [Nb+2].c1ccc2c(c1)-c1nc-2nc2[nH]c(nc3nc(nc4[nH]c(n1)c1ccccc41)-c1ccccc1-3)c1ccccc21. The second kappa shape index (κ2) is 9.00. The monoisotopic (exact) mass is 607 g/mol. The topological polar surface area (TPSA) is 109 Å². The van der Waals surface area contributed by atoms with Crippen molar-refractivity contribution in [2.45, 2.75) is 0 Å². The second-order valence-electron chi connectivity index (χ2n) is 9.79. The van der Waals surface area contributed by atoms with Crippen LogP contribution in [-0.2, 0) is 22.4 Å². The van der Waals surface area contributed by atoms with E-state index in [1.165, 1.54) is 0 Å².